The summed E-state index contributed by atoms with van der Waals surface area (Å²) in [6.07, 6.45) is -2.23. The number of amides is 1. The van der Waals surface area contributed by atoms with Crippen LogP contribution in [0.4, 0.5) is 18.0 Å². The van der Waals surface area contributed by atoms with Crippen LogP contribution in [0.3, 0.4) is 0 Å². The fourth-order valence-corrected chi connectivity index (χ4v) is 4.11. The number of primary amides is 1. The zero-order valence-electron chi connectivity index (χ0n) is 17.1. The molecular formula is C21H25F3NO5+. The summed E-state index contributed by atoms with van der Waals surface area (Å²) in [6, 6.07) is 2.87. The summed E-state index contributed by atoms with van der Waals surface area (Å²) in [4.78, 5) is 25.1. The van der Waals surface area contributed by atoms with Gasteiger partial charge < -0.3 is 14.2 Å². The van der Waals surface area contributed by atoms with E-state index in [2.05, 4.69) is 0 Å². The largest absolute Gasteiger partial charge is 0.518 e. The van der Waals surface area contributed by atoms with Crippen LogP contribution in [0, 0.1) is 13.8 Å². The number of esters is 1. The highest BCUT2D eigenvalue weighted by atomic mass is 19.4. The van der Waals surface area contributed by atoms with Crippen LogP contribution in [0.25, 0.3) is 5.57 Å². The fourth-order valence-electron chi connectivity index (χ4n) is 4.11. The van der Waals surface area contributed by atoms with E-state index in [9.17, 15) is 22.8 Å². The molecule has 1 aromatic rings. The molecule has 1 spiro atoms. The Labute approximate surface area is 172 Å². The maximum Gasteiger partial charge on any atom is 0.518 e. The van der Waals surface area contributed by atoms with Crippen molar-refractivity contribution in [2.45, 2.75) is 58.2 Å². The summed E-state index contributed by atoms with van der Waals surface area (Å²) in [7, 11) is 0. The normalized spacial score (nSPS) is 18.1. The van der Waals surface area contributed by atoms with Gasteiger partial charge in [-0.1, -0.05) is 0 Å². The first-order chi connectivity index (χ1) is 14.1. The second kappa shape index (κ2) is 8.29. The van der Waals surface area contributed by atoms with Crippen LogP contribution < -0.4 is 10.1 Å². The van der Waals surface area contributed by atoms with Gasteiger partial charge in [-0.25, -0.2) is 10.1 Å². The maximum absolute atomic E-state index is 12.9. The molecule has 0 aromatic heterocycles. The van der Waals surface area contributed by atoms with Crippen molar-refractivity contribution in [1.29, 1.82) is 0 Å². The van der Waals surface area contributed by atoms with Gasteiger partial charge in [-0.05, 0) is 75.3 Å². The first kappa shape index (κ1) is 22.1. The van der Waals surface area contributed by atoms with E-state index in [1.54, 1.807) is 20.8 Å². The molecule has 1 aromatic carbocycles. The Balaban J connectivity index is 2.05. The van der Waals surface area contributed by atoms with E-state index in [-0.39, 0.29) is 17.1 Å². The van der Waals surface area contributed by atoms with Crippen molar-refractivity contribution in [1.82, 2.24) is 0 Å². The highest BCUT2D eigenvalue weighted by Crippen LogP contribution is 2.49. The second-order valence-corrected chi connectivity index (χ2v) is 7.66. The number of halogens is 3. The lowest BCUT2D eigenvalue weighted by molar-refractivity contribution is -0.565. The molecule has 0 radical (unpaired) electrons. The van der Waals surface area contributed by atoms with Gasteiger partial charge >= 0.3 is 18.2 Å². The zero-order valence-corrected chi connectivity index (χ0v) is 17.1. The van der Waals surface area contributed by atoms with Gasteiger partial charge in [0.05, 0.1) is 6.54 Å². The monoisotopic (exact) mass is 428 g/mol. The molecule has 0 unspecified atom stereocenters. The third kappa shape index (κ3) is 4.45. The van der Waals surface area contributed by atoms with Crippen molar-refractivity contribution in [2.75, 3.05) is 13.2 Å². The number of nitrogens with two attached hydrogens (primary N) is 1. The smallest absolute Gasteiger partial charge is 0.484 e. The highest BCUT2D eigenvalue weighted by molar-refractivity contribution is 6.20. The Hall–Kier alpha value is -2.55. The van der Waals surface area contributed by atoms with Gasteiger partial charge in [0.15, 0.2) is 18.0 Å². The minimum Gasteiger partial charge on any atom is -0.484 e. The lowest BCUT2D eigenvalue weighted by Crippen LogP contribution is -2.87. The van der Waals surface area contributed by atoms with Crippen LogP contribution in [0.1, 0.15) is 49.3 Å². The predicted octanol–water partition coefficient (Wildman–Crippen LogP) is 3.55. The van der Waals surface area contributed by atoms with Gasteiger partial charge in [-0.2, -0.15) is 18.0 Å². The summed E-state index contributed by atoms with van der Waals surface area (Å²) in [5, 5.41) is 1.38. The van der Waals surface area contributed by atoms with Gasteiger partial charge in [0.1, 0.15) is 11.3 Å². The van der Waals surface area contributed by atoms with Crippen molar-refractivity contribution in [3.8, 4) is 5.75 Å². The van der Waals surface area contributed by atoms with E-state index in [1.807, 2.05) is 0 Å². The molecule has 0 atom stereocenters. The van der Waals surface area contributed by atoms with Crippen molar-refractivity contribution in [3.05, 3.63) is 34.6 Å². The third-order valence-electron chi connectivity index (χ3n) is 5.28. The van der Waals surface area contributed by atoms with Crippen LogP contribution in [0.15, 0.2) is 17.9 Å². The maximum atomic E-state index is 12.9. The van der Waals surface area contributed by atoms with Crippen LogP contribution in [0.2, 0.25) is 0 Å². The first-order valence-electron chi connectivity index (χ1n) is 9.90. The number of rotatable bonds is 5. The molecule has 6 nitrogen and oxygen atoms in total. The number of hydrogen-bond acceptors (Lipinski definition) is 5. The average Bonchev–Trinajstić information content (AvgIpc) is 3.19. The van der Waals surface area contributed by atoms with Crippen molar-refractivity contribution >= 4 is 17.6 Å². The third-order valence-corrected chi connectivity index (χ3v) is 5.28. The van der Waals surface area contributed by atoms with Crippen molar-refractivity contribution < 1.29 is 42.3 Å². The Morgan fingerprint density at radius 2 is 1.80 bits per heavy atom. The number of carbonyl (C=O) groups excluding carboxylic acids is 2. The zero-order chi connectivity index (χ0) is 22.1. The van der Waals surface area contributed by atoms with Crippen LogP contribution in [-0.4, -0.2) is 37.0 Å². The number of alkyl halides is 3. The Bertz CT molecular complexity index is 862. The number of ether oxygens (including phenoxy) is 3. The summed E-state index contributed by atoms with van der Waals surface area (Å²) < 4.78 is 53.6. The number of hydrogen-bond donors (Lipinski definition) is 1. The van der Waals surface area contributed by atoms with E-state index in [0.717, 1.165) is 12.8 Å². The fraction of sp³-hybridized carbons (Fsp3) is 0.524. The molecule has 0 saturated heterocycles. The second-order valence-electron chi connectivity index (χ2n) is 7.66. The van der Waals surface area contributed by atoms with Crippen molar-refractivity contribution in [3.63, 3.8) is 0 Å². The van der Waals surface area contributed by atoms with Gasteiger partial charge in [0.25, 0.3) is 0 Å². The molecule has 1 amide bonds. The minimum atomic E-state index is -4.45. The van der Waals surface area contributed by atoms with Gasteiger partial charge in [-0.3, -0.25) is 0 Å². The molecule has 1 heterocycles. The lowest BCUT2D eigenvalue weighted by atomic mass is 9.91. The van der Waals surface area contributed by atoms with E-state index >= 15 is 0 Å². The molecule has 9 heteroatoms. The minimum absolute atomic E-state index is 0.0477. The van der Waals surface area contributed by atoms with Gasteiger partial charge in [0.2, 0.25) is 0 Å². The van der Waals surface area contributed by atoms with E-state index in [1.165, 1.54) is 17.4 Å². The van der Waals surface area contributed by atoms with Crippen LogP contribution >= 0.6 is 0 Å². The Morgan fingerprint density at radius 3 is 2.33 bits per heavy atom. The lowest BCUT2D eigenvalue weighted by Gasteiger charge is -2.24. The predicted molar refractivity (Wildman–Crippen MR) is 101 cm³/mol. The molecule has 30 heavy (non-hydrogen) atoms. The average molecular weight is 428 g/mol. The summed E-state index contributed by atoms with van der Waals surface area (Å²) in [5.41, 5.74) is 0.743. The molecular weight excluding hydrogens is 403 g/mol. The molecule has 1 fully saturated rings. The molecule has 1 aliphatic carbocycles. The Morgan fingerprint density at radius 1 is 1.20 bits per heavy atom. The van der Waals surface area contributed by atoms with Crippen LogP contribution in [0.5, 0.6) is 5.75 Å². The van der Waals surface area contributed by atoms with Gasteiger partial charge in [-0.15, -0.1) is 0 Å². The first-order valence-corrected chi connectivity index (χ1v) is 9.90. The SMILES string of the molecule is CC[NH2+]C(=O)OC1=C(c2c(C)cc(OCC(F)(F)F)cc2C)C(=O)OC12CCCC2. The highest BCUT2D eigenvalue weighted by Gasteiger charge is 2.53. The van der Waals surface area contributed by atoms with Crippen LogP contribution in [-0.2, 0) is 14.3 Å². The van der Waals surface area contributed by atoms with Crippen molar-refractivity contribution in [2.24, 2.45) is 0 Å². The molecule has 1 saturated carbocycles. The van der Waals surface area contributed by atoms with E-state index in [0.29, 0.717) is 36.1 Å². The number of carbonyl (C=O) groups is 2. The number of aryl methyl sites for hydroxylation is 2. The molecule has 0 bridgehead atoms. The standard InChI is InChI=1S/C21H24F3NO5/c1-4-25-19(27)29-17-16(18(26)30-20(17)7-5-6-8-20)15-12(2)9-14(10-13(15)3)28-11-21(22,23)24/h9-10H,4-8,11H2,1-3H3,(H,25,27)/p+1. The molecule has 2 N–H and O–H groups in total. The van der Waals surface area contributed by atoms with Gasteiger partial charge in [0, 0.05) is 0 Å². The van der Waals surface area contributed by atoms with E-state index in [4.69, 9.17) is 14.2 Å². The van der Waals surface area contributed by atoms with E-state index < -0.39 is 30.4 Å². The summed E-state index contributed by atoms with van der Waals surface area (Å²) in [6.45, 7) is 4.20. The quantitative estimate of drug-likeness (QED) is 0.726. The molecule has 1 aliphatic heterocycles. The molecule has 164 valence electrons. The summed E-state index contributed by atoms with van der Waals surface area (Å²) >= 11 is 0. The summed E-state index contributed by atoms with van der Waals surface area (Å²) in [5.74, 6) is -0.340. The number of quaternary nitrogens is 1. The number of benzene rings is 1. The topological polar surface area (TPSA) is 78.4 Å². The molecule has 3 rings (SSSR count). The molecule has 2 aliphatic rings. The Kier molecular flexibility index (Phi) is 6.12.